The molecule has 18 heavy (non-hydrogen) atoms. The van der Waals surface area contributed by atoms with Gasteiger partial charge in [-0.2, -0.15) is 0 Å². The fourth-order valence-corrected chi connectivity index (χ4v) is 1.63. The molecule has 0 aliphatic carbocycles. The first kappa shape index (κ1) is 12.3. The van der Waals surface area contributed by atoms with E-state index in [9.17, 15) is 4.79 Å². The number of ketones is 1. The minimum Gasteiger partial charge on any atom is -0.491 e. The second kappa shape index (κ2) is 5.45. The van der Waals surface area contributed by atoms with Crippen molar-refractivity contribution in [3.05, 3.63) is 59.9 Å². The Morgan fingerprint density at radius 3 is 2.67 bits per heavy atom. The summed E-state index contributed by atoms with van der Waals surface area (Å²) in [6.07, 6.45) is 1.70. The van der Waals surface area contributed by atoms with Crippen molar-refractivity contribution in [1.82, 2.24) is 4.98 Å². The number of hydrogen-bond donors (Lipinski definition) is 0. The minimum atomic E-state index is -0.0928. The van der Waals surface area contributed by atoms with Crippen molar-refractivity contribution in [3.8, 4) is 5.75 Å². The number of pyridine rings is 1. The third kappa shape index (κ3) is 2.94. The molecule has 1 aromatic heterocycles. The minimum absolute atomic E-state index is 0.0882. The number of ether oxygens (including phenoxy) is 1. The van der Waals surface area contributed by atoms with Gasteiger partial charge in [0.15, 0.2) is 0 Å². The van der Waals surface area contributed by atoms with Gasteiger partial charge in [0.05, 0.1) is 6.10 Å². The van der Waals surface area contributed by atoms with Crippen LogP contribution in [0, 0.1) is 0 Å². The lowest BCUT2D eigenvalue weighted by Crippen LogP contribution is -2.07. The third-order valence-corrected chi connectivity index (χ3v) is 2.37. The van der Waals surface area contributed by atoms with Gasteiger partial charge in [-0.3, -0.25) is 9.78 Å². The van der Waals surface area contributed by atoms with Crippen LogP contribution in [0.2, 0.25) is 0 Å². The Kier molecular flexibility index (Phi) is 3.72. The topological polar surface area (TPSA) is 39.2 Å². The fourth-order valence-electron chi connectivity index (χ4n) is 1.63. The summed E-state index contributed by atoms with van der Waals surface area (Å²) in [5.74, 6) is 0.608. The van der Waals surface area contributed by atoms with E-state index in [0.29, 0.717) is 17.0 Å². The lowest BCUT2D eigenvalue weighted by Gasteiger charge is -2.10. The van der Waals surface area contributed by atoms with Crippen LogP contribution in [0.4, 0.5) is 0 Å². The summed E-state index contributed by atoms with van der Waals surface area (Å²) < 4.78 is 5.57. The third-order valence-electron chi connectivity index (χ3n) is 2.37. The van der Waals surface area contributed by atoms with Gasteiger partial charge in [0, 0.05) is 11.8 Å². The molecular formula is C15H15NO2. The summed E-state index contributed by atoms with van der Waals surface area (Å²) in [5.41, 5.74) is 1.03. The van der Waals surface area contributed by atoms with Crippen LogP contribution < -0.4 is 4.74 Å². The molecule has 1 aromatic carbocycles. The molecule has 0 bridgehead atoms. The Morgan fingerprint density at radius 1 is 1.17 bits per heavy atom. The largest absolute Gasteiger partial charge is 0.491 e. The van der Waals surface area contributed by atoms with E-state index >= 15 is 0 Å². The number of rotatable bonds is 4. The summed E-state index contributed by atoms with van der Waals surface area (Å²) in [4.78, 5) is 16.2. The van der Waals surface area contributed by atoms with Gasteiger partial charge in [-0.25, -0.2) is 0 Å². The molecule has 3 nitrogen and oxygen atoms in total. The number of hydrogen-bond acceptors (Lipinski definition) is 3. The van der Waals surface area contributed by atoms with E-state index in [1.807, 2.05) is 26.0 Å². The molecule has 0 radical (unpaired) electrons. The zero-order valence-electron chi connectivity index (χ0n) is 10.5. The predicted octanol–water partition coefficient (Wildman–Crippen LogP) is 3.10. The molecule has 92 valence electrons. The molecule has 0 atom stereocenters. The second-order valence-electron chi connectivity index (χ2n) is 4.24. The van der Waals surface area contributed by atoms with Gasteiger partial charge in [-0.15, -0.1) is 0 Å². The molecule has 0 N–H and O–H groups in total. The Labute approximate surface area is 106 Å². The van der Waals surface area contributed by atoms with Crippen LogP contribution in [0.15, 0.2) is 48.7 Å². The standard InChI is InChI=1S/C15H15NO2/c1-11(2)18-13-7-5-6-12(10-13)15(17)14-8-3-4-9-16-14/h3-11H,1-2H3. The maximum absolute atomic E-state index is 12.2. The maximum Gasteiger partial charge on any atom is 0.211 e. The summed E-state index contributed by atoms with van der Waals surface area (Å²) in [6, 6.07) is 12.5. The molecule has 0 amide bonds. The predicted molar refractivity (Wildman–Crippen MR) is 69.9 cm³/mol. The van der Waals surface area contributed by atoms with Crippen LogP contribution in [-0.2, 0) is 0 Å². The van der Waals surface area contributed by atoms with E-state index in [1.54, 1.807) is 36.5 Å². The molecule has 2 rings (SSSR count). The van der Waals surface area contributed by atoms with E-state index in [2.05, 4.69) is 4.98 Å². The van der Waals surface area contributed by atoms with Crippen molar-refractivity contribution in [3.63, 3.8) is 0 Å². The summed E-state index contributed by atoms with van der Waals surface area (Å²) in [5, 5.41) is 0. The molecule has 0 saturated heterocycles. The fraction of sp³-hybridized carbons (Fsp3) is 0.200. The lowest BCUT2D eigenvalue weighted by molar-refractivity contribution is 0.103. The van der Waals surface area contributed by atoms with Gasteiger partial charge >= 0.3 is 0 Å². The van der Waals surface area contributed by atoms with Gasteiger partial charge in [-0.05, 0) is 38.1 Å². The van der Waals surface area contributed by atoms with Crippen LogP contribution in [0.3, 0.4) is 0 Å². The van der Waals surface area contributed by atoms with Gasteiger partial charge in [-0.1, -0.05) is 18.2 Å². The van der Waals surface area contributed by atoms with Crippen LogP contribution in [0.5, 0.6) is 5.75 Å². The van der Waals surface area contributed by atoms with Crippen LogP contribution in [-0.4, -0.2) is 16.9 Å². The Bertz CT molecular complexity index is 535. The van der Waals surface area contributed by atoms with E-state index in [1.165, 1.54) is 0 Å². The van der Waals surface area contributed by atoms with Crippen LogP contribution in [0.1, 0.15) is 29.9 Å². The average Bonchev–Trinajstić information content (AvgIpc) is 2.38. The molecule has 2 aromatic rings. The molecule has 0 aliphatic rings. The smallest absolute Gasteiger partial charge is 0.211 e. The van der Waals surface area contributed by atoms with Gasteiger partial charge in [0.2, 0.25) is 5.78 Å². The second-order valence-corrected chi connectivity index (χ2v) is 4.24. The highest BCUT2D eigenvalue weighted by Crippen LogP contribution is 2.17. The molecule has 0 fully saturated rings. The van der Waals surface area contributed by atoms with E-state index < -0.39 is 0 Å². The quantitative estimate of drug-likeness (QED) is 0.772. The van der Waals surface area contributed by atoms with Crippen molar-refractivity contribution in [2.45, 2.75) is 20.0 Å². The molecule has 0 spiro atoms. The number of aromatic nitrogens is 1. The molecule has 3 heteroatoms. The highest BCUT2D eigenvalue weighted by Gasteiger charge is 2.10. The Morgan fingerprint density at radius 2 is 2.00 bits per heavy atom. The van der Waals surface area contributed by atoms with E-state index in [-0.39, 0.29) is 11.9 Å². The zero-order valence-corrected chi connectivity index (χ0v) is 10.5. The molecule has 0 aliphatic heterocycles. The summed E-state index contributed by atoms with van der Waals surface area (Å²) in [6.45, 7) is 3.90. The first-order chi connectivity index (χ1) is 8.66. The molecule has 0 unspecified atom stereocenters. The SMILES string of the molecule is CC(C)Oc1cccc(C(=O)c2ccccn2)c1. The van der Waals surface area contributed by atoms with E-state index in [4.69, 9.17) is 4.74 Å². The monoisotopic (exact) mass is 241 g/mol. The maximum atomic E-state index is 12.2. The number of carbonyl (C=O) groups excluding carboxylic acids is 1. The number of carbonyl (C=O) groups is 1. The van der Waals surface area contributed by atoms with Crippen molar-refractivity contribution in [1.29, 1.82) is 0 Å². The van der Waals surface area contributed by atoms with E-state index in [0.717, 1.165) is 0 Å². The average molecular weight is 241 g/mol. The first-order valence-corrected chi connectivity index (χ1v) is 5.89. The summed E-state index contributed by atoms with van der Waals surface area (Å²) >= 11 is 0. The van der Waals surface area contributed by atoms with Crippen molar-refractivity contribution in [2.75, 3.05) is 0 Å². The van der Waals surface area contributed by atoms with Gasteiger partial charge in [0.1, 0.15) is 11.4 Å². The molecular weight excluding hydrogens is 226 g/mol. The van der Waals surface area contributed by atoms with Crippen LogP contribution in [0.25, 0.3) is 0 Å². The van der Waals surface area contributed by atoms with Gasteiger partial charge < -0.3 is 4.74 Å². The highest BCUT2D eigenvalue weighted by atomic mass is 16.5. The normalized spacial score (nSPS) is 10.4. The molecule has 1 heterocycles. The van der Waals surface area contributed by atoms with Crippen molar-refractivity contribution < 1.29 is 9.53 Å². The lowest BCUT2D eigenvalue weighted by atomic mass is 10.1. The van der Waals surface area contributed by atoms with Crippen LogP contribution >= 0.6 is 0 Å². The first-order valence-electron chi connectivity index (χ1n) is 5.89. The zero-order chi connectivity index (χ0) is 13.0. The number of benzene rings is 1. The summed E-state index contributed by atoms with van der Waals surface area (Å²) in [7, 11) is 0. The van der Waals surface area contributed by atoms with Crippen molar-refractivity contribution in [2.24, 2.45) is 0 Å². The Balaban J connectivity index is 2.26. The van der Waals surface area contributed by atoms with Gasteiger partial charge in [0.25, 0.3) is 0 Å². The Hall–Kier alpha value is -2.16. The van der Waals surface area contributed by atoms with Crippen molar-refractivity contribution >= 4 is 5.78 Å². The number of nitrogens with zero attached hydrogens (tertiary/aromatic N) is 1. The molecule has 0 saturated carbocycles. The highest BCUT2D eigenvalue weighted by molar-refractivity contribution is 6.07.